The summed E-state index contributed by atoms with van der Waals surface area (Å²) in [6, 6.07) is 2.07. The topological polar surface area (TPSA) is 118 Å². The molecule has 3 aromatic heterocycles. The van der Waals surface area contributed by atoms with Crippen LogP contribution in [0.1, 0.15) is 72.5 Å². The molecule has 2 aliphatic rings. The second kappa shape index (κ2) is 13.4. The van der Waals surface area contributed by atoms with E-state index < -0.39 is 86.2 Å². The molecule has 3 N–H and O–H groups in total. The summed E-state index contributed by atoms with van der Waals surface area (Å²) >= 11 is 0. The number of carbonyl (C=O) groups is 2. The van der Waals surface area contributed by atoms with Crippen LogP contribution in [0.4, 0.5) is 35.1 Å². The lowest BCUT2D eigenvalue weighted by Gasteiger charge is -2.33. The SMILES string of the molecule is CCn1nccc1C(=O)N[C@H](c1cn2nc(C[C@H]3C[C@@H](C(F)(F)F)CNC3=O)c(CNCC(F)(F)F)cc2n1)C1CCC(F)(F)CC1. The van der Waals surface area contributed by atoms with Gasteiger partial charge in [0.05, 0.1) is 36.1 Å². The van der Waals surface area contributed by atoms with Crippen LogP contribution in [0, 0.1) is 17.8 Å². The van der Waals surface area contributed by atoms with Gasteiger partial charge in [-0.2, -0.15) is 36.5 Å². The first kappa shape index (κ1) is 34.5. The molecule has 258 valence electrons. The van der Waals surface area contributed by atoms with Gasteiger partial charge in [-0.3, -0.25) is 14.3 Å². The highest BCUT2D eigenvalue weighted by atomic mass is 19.4. The van der Waals surface area contributed by atoms with Crippen LogP contribution in [-0.2, 0) is 24.3 Å². The molecule has 1 saturated heterocycles. The zero-order chi connectivity index (χ0) is 34.1. The highest BCUT2D eigenvalue weighted by Crippen LogP contribution is 2.41. The number of amides is 2. The molecule has 2 amide bonds. The molecule has 4 heterocycles. The van der Waals surface area contributed by atoms with Crippen LogP contribution < -0.4 is 16.0 Å². The number of hydrogen-bond donors (Lipinski definition) is 3. The second-order valence-corrected chi connectivity index (χ2v) is 12.1. The fraction of sp³-hybridized carbons (Fsp3) is 0.621. The van der Waals surface area contributed by atoms with E-state index in [9.17, 15) is 44.7 Å². The van der Waals surface area contributed by atoms with Gasteiger partial charge in [0.2, 0.25) is 11.8 Å². The number of nitrogens with zero attached hydrogens (tertiary/aromatic N) is 5. The molecule has 47 heavy (non-hydrogen) atoms. The Kier molecular flexibility index (Phi) is 9.80. The van der Waals surface area contributed by atoms with Crippen molar-refractivity contribution in [2.24, 2.45) is 17.8 Å². The molecule has 1 aliphatic heterocycles. The third kappa shape index (κ3) is 8.37. The molecule has 0 unspecified atom stereocenters. The van der Waals surface area contributed by atoms with Crippen LogP contribution in [0.5, 0.6) is 0 Å². The average Bonchev–Trinajstić information content (AvgIpc) is 3.63. The maximum atomic E-state index is 14.1. The number of imidazole rings is 1. The number of alkyl halides is 8. The van der Waals surface area contributed by atoms with Gasteiger partial charge < -0.3 is 16.0 Å². The van der Waals surface area contributed by atoms with Gasteiger partial charge in [0, 0.05) is 51.0 Å². The Morgan fingerprint density at radius 1 is 1.17 bits per heavy atom. The summed E-state index contributed by atoms with van der Waals surface area (Å²) < 4.78 is 110. The Morgan fingerprint density at radius 3 is 2.55 bits per heavy atom. The van der Waals surface area contributed by atoms with Crippen molar-refractivity contribution in [2.75, 3.05) is 13.1 Å². The zero-order valence-electron chi connectivity index (χ0n) is 25.3. The summed E-state index contributed by atoms with van der Waals surface area (Å²) in [6.45, 7) is -0.125. The van der Waals surface area contributed by atoms with Gasteiger partial charge in [0.1, 0.15) is 5.69 Å². The minimum Gasteiger partial charge on any atom is -0.355 e. The zero-order valence-corrected chi connectivity index (χ0v) is 25.3. The summed E-state index contributed by atoms with van der Waals surface area (Å²) in [6.07, 6.45) is -7.68. The number of aryl methyl sites for hydroxylation is 1. The van der Waals surface area contributed by atoms with Crippen LogP contribution in [0.2, 0.25) is 0 Å². The number of halogens is 8. The summed E-state index contributed by atoms with van der Waals surface area (Å²) in [5, 5.41) is 16.0. The number of hydrogen-bond acceptors (Lipinski definition) is 6. The van der Waals surface area contributed by atoms with Crippen molar-refractivity contribution in [1.82, 2.24) is 40.3 Å². The normalized spacial score (nSPS) is 21.5. The molecule has 2 fully saturated rings. The molecule has 3 aromatic rings. The van der Waals surface area contributed by atoms with Crippen molar-refractivity contribution in [2.45, 2.75) is 82.9 Å². The third-order valence-electron chi connectivity index (χ3n) is 8.73. The van der Waals surface area contributed by atoms with Crippen LogP contribution in [0.25, 0.3) is 5.65 Å². The number of piperidine rings is 1. The van der Waals surface area contributed by atoms with Crippen LogP contribution >= 0.6 is 0 Å². The molecule has 18 heteroatoms. The van der Waals surface area contributed by atoms with Crippen molar-refractivity contribution in [3.8, 4) is 0 Å². The Morgan fingerprint density at radius 2 is 1.89 bits per heavy atom. The maximum absolute atomic E-state index is 14.1. The van der Waals surface area contributed by atoms with Crippen molar-refractivity contribution in [1.29, 1.82) is 0 Å². The Bertz CT molecular complexity index is 1570. The number of fused-ring (bicyclic) bond motifs is 1. The van der Waals surface area contributed by atoms with Crippen LogP contribution in [0.3, 0.4) is 0 Å². The van der Waals surface area contributed by atoms with E-state index in [-0.39, 0.29) is 54.1 Å². The summed E-state index contributed by atoms with van der Waals surface area (Å²) in [4.78, 5) is 30.4. The summed E-state index contributed by atoms with van der Waals surface area (Å²) in [5.41, 5.74) is 0.911. The van der Waals surface area contributed by atoms with Gasteiger partial charge in [0.25, 0.3) is 5.91 Å². The lowest BCUT2D eigenvalue weighted by molar-refractivity contribution is -0.183. The number of rotatable bonds is 10. The van der Waals surface area contributed by atoms with E-state index in [1.54, 1.807) is 6.92 Å². The predicted octanol–water partition coefficient (Wildman–Crippen LogP) is 4.75. The number of nitrogens with one attached hydrogen (secondary N) is 3. The van der Waals surface area contributed by atoms with E-state index in [0.717, 1.165) is 0 Å². The van der Waals surface area contributed by atoms with Gasteiger partial charge in [0.15, 0.2) is 5.65 Å². The summed E-state index contributed by atoms with van der Waals surface area (Å²) in [5.74, 6) is -7.39. The Balaban J connectivity index is 1.49. The monoisotopic (exact) mass is 678 g/mol. The smallest absolute Gasteiger partial charge is 0.355 e. The fourth-order valence-electron chi connectivity index (χ4n) is 6.21. The molecular weight excluding hydrogens is 644 g/mol. The van der Waals surface area contributed by atoms with E-state index in [0.29, 0.717) is 6.54 Å². The molecule has 5 rings (SSSR count). The average molecular weight is 679 g/mol. The molecule has 1 aliphatic carbocycles. The van der Waals surface area contributed by atoms with Gasteiger partial charge in [-0.1, -0.05) is 0 Å². The molecule has 10 nitrogen and oxygen atoms in total. The maximum Gasteiger partial charge on any atom is 0.401 e. The van der Waals surface area contributed by atoms with Crippen LogP contribution in [-0.4, -0.2) is 67.6 Å². The largest absolute Gasteiger partial charge is 0.401 e. The van der Waals surface area contributed by atoms with Crippen molar-refractivity contribution in [3.05, 3.63) is 47.2 Å². The van der Waals surface area contributed by atoms with Gasteiger partial charge >= 0.3 is 12.4 Å². The third-order valence-corrected chi connectivity index (χ3v) is 8.73. The molecule has 1 saturated carbocycles. The lowest BCUT2D eigenvalue weighted by Crippen LogP contribution is -2.47. The van der Waals surface area contributed by atoms with E-state index in [4.69, 9.17) is 0 Å². The van der Waals surface area contributed by atoms with Crippen LogP contribution in [0.15, 0.2) is 24.5 Å². The fourth-order valence-corrected chi connectivity index (χ4v) is 6.21. The highest BCUT2D eigenvalue weighted by Gasteiger charge is 2.45. The predicted molar refractivity (Wildman–Crippen MR) is 150 cm³/mol. The highest BCUT2D eigenvalue weighted by molar-refractivity contribution is 5.92. The molecule has 0 radical (unpaired) electrons. The number of carbonyl (C=O) groups excluding carboxylic acids is 2. The van der Waals surface area contributed by atoms with Gasteiger partial charge in [-0.15, -0.1) is 0 Å². The summed E-state index contributed by atoms with van der Waals surface area (Å²) in [7, 11) is 0. The molecule has 0 bridgehead atoms. The van der Waals surface area contributed by atoms with E-state index in [1.165, 1.54) is 33.7 Å². The minimum absolute atomic E-state index is 0.0707. The molecular formula is C29H34F8N8O2. The first-order chi connectivity index (χ1) is 22.0. The Hall–Kier alpha value is -3.83. The van der Waals surface area contributed by atoms with E-state index in [2.05, 4.69) is 31.1 Å². The molecule has 3 atom stereocenters. The van der Waals surface area contributed by atoms with Gasteiger partial charge in [-0.25, -0.2) is 18.3 Å². The molecule has 0 spiro atoms. The van der Waals surface area contributed by atoms with Crippen molar-refractivity contribution in [3.63, 3.8) is 0 Å². The van der Waals surface area contributed by atoms with Gasteiger partial charge in [-0.05, 0) is 49.8 Å². The standard InChI is InChI=1S/C29H34F8N8O2/c1-2-44-22(5-8-40-44)26(47)42-24(16-3-6-27(30,31)7-4-16)21-14-45-23(41-21)11-18(12-38-15-28(32,33)34)20(43-45)10-17-9-19(29(35,36)37)13-39-25(17)46/h5,8,11,14,16-17,19,24,38H,2-4,6-7,9-10,12-13,15H2,1H3,(H,39,46)(H,42,47)/t17-,19-,24+/m1/s1. The van der Waals surface area contributed by atoms with E-state index >= 15 is 0 Å². The number of aromatic nitrogens is 5. The van der Waals surface area contributed by atoms with Crippen molar-refractivity contribution >= 4 is 17.5 Å². The minimum atomic E-state index is -4.56. The quantitative estimate of drug-likeness (QED) is 0.267. The molecule has 0 aromatic carbocycles. The van der Waals surface area contributed by atoms with E-state index in [1.807, 2.05) is 0 Å². The lowest BCUT2D eigenvalue weighted by atomic mass is 9.81. The first-order valence-corrected chi connectivity index (χ1v) is 15.2. The first-order valence-electron chi connectivity index (χ1n) is 15.2. The second-order valence-electron chi connectivity index (χ2n) is 12.1. The Labute approximate surface area is 263 Å². The van der Waals surface area contributed by atoms with Crippen molar-refractivity contribution < 1.29 is 44.7 Å².